The number of carbonyl (C=O) groups is 1. The molecule has 0 saturated heterocycles. The van der Waals surface area contributed by atoms with Crippen LogP contribution in [-0.4, -0.2) is 10.8 Å². The largest absolute Gasteiger partial charge is 0.352 e. The minimum Gasteiger partial charge on any atom is -0.352 e. The number of H-pyrrole nitrogens is 1. The van der Waals surface area contributed by atoms with Gasteiger partial charge in [-0.2, -0.15) is 0 Å². The Bertz CT molecular complexity index is 308. The van der Waals surface area contributed by atoms with Gasteiger partial charge in [-0.3, -0.25) is 4.79 Å². The minimum atomic E-state index is 0.0475. The van der Waals surface area contributed by atoms with E-state index in [4.69, 9.17) is 12.2 Å². The van der Waals surface area contributed by atoms with Gasteiger partial charge in [-0.05, 0) is 19.1 Å². The van der Waals surface area contributed by atoms with Crippen LogP contribution in [0, 0.1) is 4.64 Å². The molecule has 16 heavy (non-hydrogen) atoms. The second-order valence-corrected chi connectivity index (χ2v) is 3.44. The lowest BCUT2D eigenvalue weighted by molar-refractivity contribution is 0.101. The molecule has 0 aliphatic rings. The van der Waals surface area contributed by atoms with Crippen molar-refractivity contribution in [1.82, 2.24) is 4.98 Å². The molecular formula is C13H23NOS. The van der Waals surface area contributed by atoms with Gasteiger partial charge in [0.2, 0.25) is 0 Å². The fourth-order valence-corrected chi connectivity index (χ4v) is 0.757. The van der Waals surface area contributed by atoms with E-state index in [1.165, 1.54) is 19.8 Å². The number of hydrogen-bond donors (Lipinski definition) is 1. The molecule has 1 rings (SSSR count). The van der Waals surface area contributed by atoms with Gasteiger partial charge in [-0.1, -0.05) is 52.8 Å². The number of carbonyl (C=O) groups excluding carboxylic acids is 1. The van der Waals surface area contributed by atoms with Crippen LogP contribution in [0.15, 0.2) is 18.3 Å². The predicted octanol–water partition coefficient (Wildman–Crippen LogP) is 4.78. The van der Waals surface area contributed by atoms with Crippen molar-refractivity contribution in [3.05, 3.63) is 28.5 Å². The van der Waals surface area contributed by atoms with Crippen LogP contribution in [-0.2, 0) is 0 Å². The van der Waals surface area contributed by atoms with Crippen LogP contribution in [0.3, 0.4) is 0 Å². The van der Waals surface area contributed by atoms with E-state index >= 15 is 0 Å². The van der Waals surface area contributed by atoms with Crippen molar-refractivity contribution in [3.8, 4) is 0 Å². The molecule has 1 N–H and O–H groups in total. The molecule has 1 aromatic heterocycles. The maximum Gasteiger partial charge on any atom is 0.161 e. The lowest BCUT2D eigenvalue weighted by Gasteiger charge is -1.91. The second-order valence-electron chi connectivity index (χ2n) is 3.00. The molecule has 0 amide bonds. The summed E-state index contributed by atoms with van der Waals surface area (Å²) < 4.78 is 0.644. The van der Waals surface area contributed by atoms with Crippen LogP contribution >= 0.6 is 12.2 Å². The van der Waals surface area contributed by atoms with Gasteiger partial charge in [-0.15, -0.1) is 0 Å². The lowest BCUT2D eigenvalue weighted by atomic mass is 10.2. The third kappa shape index (κ3) is 9.59. The Hall–Kier alpha value is -0.960. The van der Waals surface area contributed by atoms with E-state index in [0.717, 1.165) is 0 Å². The number of hydrogen-bond acceptors (Lipinski definition) is 2. The van der Waals surface area contributed by atoms with Crippen LogP contribution < -0.4 is 0 Å². The number of unbranched alkanes of at least 4 members (excludes halogenated alkanes) is 1. The second kappa shape index (κ2) is 12.1. The summed E-state index contributed by atoms with van der Waals surface area (Å²) >= 11 is 4.79. The van der Waals surface area contributed by atoms with Gasteiger partial charge >= 0.3 is 0 Å². The zero-order valence-electron chi connectivity index (χ0n) is 11.0. The molecule has 1 aromatic rings. The van der Waals surface area contributed by atoms with Crippen molar-refractivity contribution < 1.29 is 4.79 Å². The summed E-state index contributed by atoms with van der Waals surface area (Å²) in [4.78, 5) is 13.5. The molecule has 0 aromatic carbocycles. The Kier molecular flexibility index (Phi) is 13.2. The SMILES string of the molecule is CC.CC(=O)c1ccc(=S)[nH]c1.CCCC. The molecular weight excluding hydrogens is 218 g/mol. The number of ketones is 1. The topological polar surface area (TPSA) is 32.9 Å². The van der Waals surface area contributed by atoms with Crippen LogP contribution in [0.25, 0.3) is 0 Å². The van der Waals surface area contributed by atoms with Crippen molar-refractivity contribution in [3.63, 3.8) is 0 Å². The maximum absolute atomic E-state index is 10.7. The highest BCUT2D eigenvalue weighted by molar-refractivity contribution is 7.71. The molecule has 0 fully saturated rings. The van der Waals surface area contributed by atoms with E-state index in [0.29, 0.717) is 10.2 Å². The number of nitrogens with one attached hydrogen (secondary N) is 1. The highest BCUT2D eigenvalue weighted by atomic mass is 32.1. The van der Waals surface area contributed by atoms with E-state index < -0.39 is 0 Å². The first-order valence-corrected chi connectivity index (χ1v) is 6.22. The van der Waals surface area contributed by atoms with Crippen LogP contribution in [0.1, 0.15) is 57.8 Å². The Balaban J connectivity index is 0. The Morgan fingerprint density at radius 1 is 1.25 bits per heavy atom. The monoisotopic (exact) mass is 241 g/mol. The number of rotatable bonds is 2. The summed E-state index contributed by atoms with van der Waals surface area (Å²) in [5, 5.41) is 0. The molecule has 2 nitrogen and oxygen atoms in total. The molecule has 92 valence electrons. The normalized spacial score (nSPS) is 8.06. The molecule has 0 atom stereocenters. The van der Waals surface area contributed by atoms with Crippen molar-refractivity contribution >= 4 is 18.0 Å². The number of aromatic nitrogens is 1. The quantitative estimate of drug-likeness (QED) is 0.597. The minimum absolute atomic E-state index is 0.0475. The van der Waals surface area contributed by atoms with Gasteiger partial charge in [0, 0.05) is 11.8 Å². The number of aromatic amines is 1. The highest BCUT2D eigenvalue weighted by Gasteiger charge is 1.94. The van der Waals surface area contributed by atoms with Crippen molar-refractivity contribution in [2.24, 2.45) is 0 Å². The first-order valence-electron chi connectivity index (χ1n) is 5.81. The van der Waals surface area contributed by atoms with E-state index in [9.17, 15) is 4.79 Å². The van der Waals surface area contributed by atoms with Crippen molar-refractivity contribution in [1.29, 1.82) is 0 Å². The summed E-state index contributed by atoms with van der Waals surface area (Å²) in [6.07, 6.45) is 4.25. The fraction of sp³-hybridized carbons (Fsp3) is 0.538. The van der Waals surface area contributed by atoms with Gasteiger partial charge in [0.25, 0.3) is 0 Å². The van der Waals surface area contributed by atoms with E-state index in [-0.39, 0.29) is 5.78 Å². The van der Waals surface area contributed by atoms with Gasteiger partial charge in [0.1, 0.15) is 4.64 Å². The van der Waals surface area contributed by atoms with E-state index in [1.54, 1.807) is 18.3 Å². The smallest absolute Gasteiger partial charge is 0.161 e. The van der Waals surface area contributed by atoms with Gasteiger partial charge < -0.3 is 4.98 Å². The zero-order valence-corrected chi connectivity index (χ0v) is 11.8. The summed E-state index contributed by atoms with van der Waals surface area (Å²) in [5.41, 5.74) is 0.661. The summed E-state index contributed by atoms with van der Waals surface area (Å²) in [6.45, 7) is 9.88. The Morgan fingerprint density at radius 2 is 1.75 bits per heavy atom. The van der Waals surface area contributed by atoms with E-state index in [2.05, 4.69) is 18.8 Å². The number of Topliss-reactive ketones (excluding diaryl/α,β-unsaturated/α-hetero) is 1. The lowest BCUT2D eigenvalue weighted by Crippen LogP contribution is -1.91. The molecule has 0 bridgehead atoms. The fourth-order valence-electron chi connectivity index (χ4n) is 0.630. The number of pyridine rings is 1. The van der Waals surface area contributed by atoms with Crippen LogP contribution in [0.2, 0.25) is 0 Å². The predicted molar refractivity (Wildman–Crippen MR) is 73.6 cm³/mol. The molecule has 0 saturated carbocycles. The van der Waals surface area contributed by atoms with Crippen molar-refractivity contribution in [2.75, 3.05) is 0 Å². The van der Waals surface area contributed by atoms with Crippen LogP contribution in [0.4, 0.5) is 0 Å². The Labute approximate surface area is 104 Å². The third-order valence-electron chi connectivity index (χ3n) is 1.69. The molecule has 0 radical (unpaired) electrons. The molecule has 0 aliphatic heterocycles. The van der Waals surface area contributed by atoms with E-state index in [1.807, 2.05) is 13.8 Å². The van der Waals surface area contributed by atoms with Gasteiger partial charge in [0.05, 0.1) is 0 Å². The highest BCUT2D eigenvalue weighted by Crippen LogP contribution is 1.96. The average Bonchev–Trinajstić information content (AvgIpc) is 2.32. The summed E-state index contributed by atoms with van der Waals surface area (Å²) in [5.74, 6) is 0.0475. The average molecular weight is 241 g/mol. The third-order valence-corrected chi connectivity index (χ3v) is 1.94. The van der Waals surface area contributed by atoms with Gasteiger partial charge in [0.15, 0.2) is 5.78 Å². The Morgan fingerprint density at radius 3 is 2.00 bits per heavy atom. The first-order chi connectivity index (χ1) is 7.61. The molecule has 0 unspecified atom stereocenters. The molecule has 0 aliphatic carbocycles. The zero-order chi connectivity index (χ0) is 13.0. The molecule has 1 heterocycles. The molecule has 3 heteroatoms. The maximum atomic E-state index is 10.7. The summed E-state index contributed by atoms with van der Waals surface area (Å²) in [7, 11) is 0. The van der Waals surface area contributed by atoms with Gasteiger partial charge in [-0.25, -0.2) is 0 Å². The summed E-state index contributed by atoms with van der Waals surface area (Å²) in [6, 6.07) is 3.41. The molecule has 0 spiro atoms. The standard InChI is InChI=1S/C7H7NOS.C4H10.C2H6/c1-5(9)6-2-3-7(10)8-4-6;1-3-4-2;1-2/h2-4H,1H3,(H,8,10);3-4H2,1-2H3;1-2H3. The first kappa shape index (κ1) is 17.4. The van der Waals surface area contributed by atoms with Crippen LogP contribution in [0.5, 0.6) is 0 Å². The van der Waals surface area contributed by atoms with Crippen molar-refractivity contribution in [2.45, 2.75) is 47.5 Å².